The van der Waals surface area contributed by atoms with E-state index in [1.807, 2.05) is 4.90 Å². The zero-order valence-corrected chi connectivity index (χ0v) is 20.4. The first-order chi connectivity index (χ1) is 17.0. The highest BCUT2D eigenvalue weighted by atomic mass is 16.5. The summed E-state index contributed by atoms with van der Waals surface area (Å²) in [5.74, 6) is 3.10. The van der Waals surface area contributed by atoms with Crippen molar-refractivity contribution in [2.45, 2.75) is 31.9 Å². The number of hydrogen-bond acceptors (Lipinski definition) is 8. The number of morpholine rings is 1. The van der Waals surface area contributed by atoms with E-state index in [1.54, 1.807) is 6.33 Å². The fourth-order valence-corrected chi connectivity index (χ4v) is 5.55. The fourth-order valence-electron chi connectivity index (χ4n) is 5.55. The van der Waals surface area contributed by atoms with Crippen LogP contribution in [0.4, 0.5) is 17.3 Å². The van der Waals surface area contributed by atoms with Crippen LogP contribution in [-0.4, -0.2) is 84.2 Å². The van der Waals surface area contributed by atoms with Gasteiger partial charge in [-0.3, -0.25) is 9.69 Å². The van der Waals surface area contributed by atoms with E-state index in [1.165, 1.54) is 11.6 Å². The lowest BCUT2D eigenvalue weighted by molar-refractivity contribution is -0.134. The molecule has 9 heteroatoms. The van der Waals surface area contributed by atoms with Gasteiger partial charge in [-0.2, -0.15) is 0 Å². The Kier molecular flexibility index (Phi) is 5.61. The van der Waals surface area contributed by atoms with E-state index in [0.29, 0.717) is 25.2 Å². The maximum Gasteiger partial charge on any atom is 0.246 e. The van der Waals surface area contributed by atoms with Crippen molar-refractivity contribution < 1.29 is 14.3 Å². The first-order valence-electron chi connectivity index (χ1n) is 12.4. The number of rotatable bonds is 4. The summed E-state index contributed by atoms with van der Waals surface area (Å²) >= 11 is 0. The van der Waals surface area contributed by atoms with Crippen LogP contribution in [0.25, 0.3) is 0 Å². The number of anilines is 3. The molecule has 1 N–H and O–H groups in total. The number of carbonyl (C=O) groups excluding carboxylic acids is 1. The van der Waals surface area contributed by atoms with E-state index in [4.69, 9.17) is 9.47 Å². The van der Waals surface area contributed by atoms with Gasteiger partial charge in [0.2, 0.25) is 5.91 Å². The Morgan fingerprint density at radius 3 is 2.69 bits per heavy atom. The molecule has 1 aromatic heterocycles. The number of amides is 1. The van der Waals surface area contributed by atoms with Gasteiger partial charge in [-0.05, 0) is 37.1 Å². The van der Waals surface area contributed by atoms with E-state index in [2.05, 4.69) is 57.6 Å². The summed E-state index contributed by atoms with van der Waals surface area (Å²) in [5.41, 5.74) is 4.38. The van der Waals surface area contributed by atoms with E-state index < -0.39 is 0 Å². The summed E-state index contributed by atoms with van der Waals surface area (Å²) < 4.78 is 12.0. The third-order valence-electron chi connectivity index (χ3n) is 7.67. The molecular weight excluding hydrogens is 444 g/mol. The molecular formula is C26H32N6O3. The SMILES string of the molecule is C=CC(=O)N1CC(N2CC(c3cc(C)c4c(c3)Nc3ncnc(N5CCOCC5)c3C(C)O4)C2)C1. The Hall–Kier alpha value is -3.17. The van der Waals surface area contributed by atoms with Crippen molar-refractivity contribution in [3.8, 4) is 5.75 Å². The maximum absolute atomic E-state index is 11.7. The van der Waals surface area contributed by atoms with Crippen LogP contribution in [-0.2, 0) is 9.53 Å². The Labute approximate surface area is 205 Å². The summed E-state index contributed by atoms with van der Waals surface area (Å²) in [7, 11) is 0. The monoisotopic (exact) mass is 476 g/mol. The van der Waals surface area contributed by atoms with Crippen LogP contribution in [0.5, 0.6) is 5.75 Å². The average Bonchev–Trinajstić information content (AvgIpc) is 2.96. The van der Waals surface area contributed by atoms with Gasteiger partial charge in [-0.15, -0.1) is 0 Å². The Morgan fingerprint density at radius 1 is 1.17 bits per heavy atom. The Bertz CT molecular complexity index is 1150. The van der Waals surface area contributed by atoms with Gasteiger partial charge in [0.25, 0.3) is 0 Å². The average molecular weight is 477 g/mol. The molecule has 0 aliphatic carbocycles. The summed E-state index contributed by atoms with van der Waals surface area (Å²) in [6.45, 7) is 14.4. The van der Waals surface area contributed by atoms with E-state index in [-0.39, 0.29) is 12.0 Å². The van der Waals surface area contributed by atoms with Crippen molar-refractivity contribution in [1.29, 1.82) is 0 Å². The minimum absolute atomic E-state index is 0.0286. The minimum atomic E-state index is -0.179. The summed E-state index contributed by atoms with van der Waals surface area (Å²) in [4.78, 5) is 27.5. The van der Waals surface area contributed by atoms with Gasteiger partial charge in [0.15, 0.2) is 0 Å². The highest BCUT2D eigenvalue weighted by Crippen LogP contribution is 2.45. The van der Waals surface area contributed by atoms with Gasteiger partial charge in [0.05, 0.1) is 24.5 Å². The van der Waals surface area contributed by atoms with Crippen LogP contribution in [0, 0.1) is 6.92 Å². The lowest BCUT2D eigenvalue weighted by atomic mass is 9.87. The quantitative estimate of drug-likeness (QED) is 0.675. The Morgan fingerprint density at radius 2 is 1.94 bits per heavy atom. The molecule has 0 saturated carbocycles. The molecule has 1 unspecified atom stereocenters. The molecule has 1 amide bonds. The number of nitrogens with one attached hydrogen (secondary N) is 1. The number of likely N-dealkylation sites (tertiary alicyclic amines) is 2. The number of nitrogens with zero attached hydrogens (tertiary/aromatic N) is 5. The zero-order valence-electron chi connectivity index (χ0n) is 20.4. The number of aromatic nitrogens is 2. The van der Waals surface area contributed by atoms with Gasteiger partial charge >= 0.3 is 0 Å². The molecule has 184 valence electrons. The summed E-state index contributed by atoms with van der Waals surface area (Å²) in [5, 5.41) is 3.58. The predicted octanol–water partition coefficient (Wildman–Crippen LogP) is 2.61. The van der Waals surface area contributed by atoms with E-state index in [9.17, 15) is 4.79 Å². The largest absolute Gasteiger partial charge is 0.483 e. The fraction of sp³-hybridized carbons (Fsp3) is 0.500. The summed E-state index contributed by atoms with van der Waals surface area (Å²) in [6.07, 6.45) is 2.85. The van der Waals surface area contributed by atoms with Crippen LogP contribution in [0.15, 0.2) is 31.1 Å². The van der Waals surface area contributed by atoms with Gasteiger partial charge in [0.1, 0.15) is 29.8 Å². The lowest BCUT2D eigenvalue weighted by Crippen LogP contribution is -2.65. The Balaban J connectivity index is 1.21. The van der Waals surface area contributed by atoms with Crippen LogP contribution in [0.2, 0.25) is 0 Å². The van der Waals surface area contributed by atoms with Gasteiger partial charge in [0, 0.05) is 51.2 Å². The molecule has 5 heterocycles. The number of carbonyl (C=O) groups is 1. The van der Waals surface area contributed by atoms with Crippen LogP contribution < -0.4 is 15.0 Å². The normalized spacial score (nSPS) is 22.6. The lowest BCUT2D eigenvalue weighted by Gasteiger charge is -2.52. The molecule has 35 heavy (non-hydrogen) atoms. The second kappa shape index (κ2) is 8.80. The standard InChI is InChI=1S/C26H32N6O3/c1-4-22(33)32-13-20(14-32)31-11-19(12-31)18-9-16(2)24-21(10-18)29-25-23(17(3)35-24)26(28-15-27-25)30-5-7-34-8-6-30/h4,9-10,15,17,19-20H,1,5-8,11-14H2,2-3H3,(H,27,28,29). The molecule has 0 bridgehead atoms. The first-order valence-corrected chi connectivity index (χ1v) is 12.4. The van der Waals surface area contributed by atoms with E-state index in [0.717, 1.165) is 73.5 Å². The van der Waals surface area contributed by atoms with Crippen molar-refractivity contribution >= 4 is 23.2 Å². The molecule has 4 aliphatic heterocycles. The number of ether oxygens (including phenoxy) is 2. The first kappa shape index (κ1) is 22.3. The third kappa shape index (κ3) is 3.92. The molecule has 3 saturated heterocycles. The van der Waals surface area contributed by atoms with Crippen LogP contribution in [0.1, 0.15) is 35.6 Å². The van der Waals surface area contributed by atoms with Gasteiger partial charge in [-0.25, -0.2) is 9.97 Å². The molecule has 6 rings (SSSR count). The third-order valence-corrected chi connectivity index (χ3v) is 7.67. The highest BCUT2D eigenvalue weighted by Gasteiger charge is 2.41. The van der Waals surface area contributed by atoms with Crippen LogP contribution in [0.3, 0.4) is 0 Å². The molecule has 3 fully saturated rings. The van der Waals surface area contributed by atoms with Crippen molar-refractivity contribution in [2.75, 3.05) is 62.7 Å². The van der Waals surface area contributed by atoms with Crippen molar-refractivity contribution in [2.24, 2.45) is 0 Å². The van der Waals surface area contributed by atoms with Crippen molar-refractivity contribution in [1.82, 2.24) is 19.8 Å². The second-order valence-corrected chi connectivity index (χ2v) is 9.91. The van der Waals surface area contributed by atoms with Crippen molar-refractivity contribution in [3.05, 3.63) is 47.8 Å². The molecule has 0 spiro atoms. The molecule has 4 aliphatic rings. The topological polar surface area (TPSA) is 83.1 Å². The molecule has 9 nitrogen and oxygen atoms in total. The van der Waals surface area contributed by atoms with Gasteiger partial charge < -0.3 is 24.6 Å². The molecule has 0 radical (unpaired) electrons. The number of aryl methyl sites for hydroxylation is 1. The maximum atomic E-state index is 11.7. The van der Waals surface area contributed by atoms with Crippen molar-refractivity contribution in [3.63, 3.8) is 0 Å². The molecule has 2 aromatic rings. The zero-order chi connectivity index (χ0) is 24.1. The number of hydrogen-bond donors (Lipinski definition) is 1. The highest BCUT2D eigenvalue weighted by molar-refractivity contribution is 5.87. The van der Waals surface area contributed by atoms with Crippen LogP contribution >= 0.6 is 0 Å². The second-order valence-electron chi connectivity index (χ2n) is 9.91. The molecule has 1 atom stereocenters. The predicted molar refractivity (Wildman–Crippen MR) is 133 cm³/mol. The smallest absolute Gasteiger partial charge is 0.246 e. The summed E-state index contributed by atoms with van der Waals surface area (Å²) in [6, 6.07) is 4.94. The minimum Gasteiger partial charge on any atom is -0.483 e. The van der Waals surface area contributed by atoms with E-state index >= 15 is 0 Å². The molecule has 1 aromatic carbocycles. The number of fused-ring (bicyclic) bond motifs is 2. The number of benzene rings is 1. The van der Waals surface area contributed by atoms with Gasteiger partial charge in [-0.1, -0.05) is 12.6 Å².